The van der Waals surface area contributed by atoms with Crippen LogP contribution in [0.25, 0.3) is 0 Å². The van der Waals surface area contributed by atoms with E-state index in [-0.39, 0.29) is 11.6 Å². The first-order valence-corrected chi connectivity index (χ1v) is 5.93. The van der Waals surface area contributed by atoms with Crippen LogP contribution in [0.5, 0.6) is 0 Å². The maximum Gasteiger partial charge on any atom is 0.274 e. The Morgan fingerprint density at radius 1 is 1.53 bits per heavy atom. The third-order valence-corrected chi connectivity index (χ3v) is 2.81. The number of aromatic amines is 1. The van der Waals surface area contributed by atoms with E-state index in [0.717, 1.165) is 0 Å². The largest absolute Gasteiger partial charge is 0.373 e. The summed E-state index contributed by atoms with van der Waals surface area (Å²) in [6.45, 7) is 0.306. The predicted octanol–water partition coefficient (Wildman–Crippen LogP) is 1.17. The molecule has 0 aliphatic rings. The summed E-state index contributed by atoms with van der Waals surface area (Å²) in [6, 6.07) is 3.34. The minimum Gasteiger partial charge on any atom is -0.373 e. The Kier molecular flexibility index (Phi) is 3.96. The molecule has 0 atom stereocenters. The molecule has 2 rings (SSSR count). The molecule has 1 amide bonds. The van der Waals surface area contributed by atoms with E-state index in [4.69, 9.17) is 11.6 Å². The van der Waals surface area contributed by atoms with Gasteiger partial charge in [-0.3, -0.25) is 9.89 Å². The van der Waals surface area contributed by atoms with Gasteiger partial charge in [0, 0.05) is 14.1 Å². The summed E-state index contributed by atoms with van der Waals surface area (Å²) in [5, 5.41) is 9.60. The number of aromatic nitrogens is 4. The first kappa shape index (κ1) is 13.3. The zero-order valence-electron chi connectivity index (χ0n) is 10.5. The van der Waals surface area contributed by atoms with Gasteiger partial charge in [0.1, 0.15) is 23.7 Å². The number of anilines is 1. The van der Waals surface area contributed by atoms with E-state index in [9.17, 15) is 4.79 Å². The van der Waals surface area contributed by atoms with Crippen molar-refractivity contribution in [1.29, 1.82) is 0 Å². The van der Waals surface area contributed by atoms with E-state index in [1.807, 2.05) is 0 Å². The summed E-state index contributed by atoms with van der Waals surface area (Å²) in [6.07, 6.45) is 1.39. The van der Waals surface area contributed by atoms with Crippen molar-refractivity contribution in [3.63, 3.8) is 0 Å². The summed E-state index contributed by atoms with van der Waals surface area (Å²) in [7, 11) is 3.37. The Bertz CT molecular complexity index is 571. The van der Waals surface area contributed by atoms with Gasteiger partial charge in [0.15, 0.2) is 0 Å². The maximum atomic E-state index is 12.2. The quantitative estimate of drug-likeness (QED) is 0.878. The fraction of sp³-hybridized carbons (Fsp3) is 0.273. The number of hydrogen-bond acceptors (Lipinski definition) is 5. The Morgan fingerprint density at radius 2 is 2.32 bits per heavy atom. The molecule has 0 aromatic carbocycles. The highest BCUT2D eigenvalue weighted by Gasteiger charge is 2.18. The molecule has 0 aliphatic heterocycles. The van der Waals surface area contributed by atoms with Gasteiger partial charge in [-0.1, -0.05) is 11.6 Å². The van der Waals surface area contributed by atoms with Crippen molar-refractivity contribution in [1.82, 2.24) is 25.1 Å². The van der Waals surface area contributed by atoms with Gasteiger partial charge in [0.05, 0.1) is 11.6 Å². The van der Waals surface area contributed by atoms with Crippen LogP contribution in [0.15, 0.2) is 18.5 Å². The number of pyridine rings is 1. The van der Waals surface area contributed by atoms with Crippen molar-refractivity contribution in [3.8, 4) is 0 Å². The first-order chi connectivity index (χ1) is 9.11. The SMILES string of the molecule is CNc1ccc(Cl)c(C(=O)N(C)Cc2ncn[nH]2)n1. The highest BCUT2D eigenvalue weighted by molar-refractivity contribution is 6.33. The minimum absolute atomic E-state index is 0.204. The van der Waals surface area contributed by atoms with Crippen molar-refractivity contribution in [3.05, 3.63) is 35.0 Å². The number of hydrogen-bond donors (Lipinski definition) is 2. The van der Waals surface area contributed by atoms with Gasteiger partial charge in [0.2, 0.25) is 0 Å². The molecule has 2 heterocycles. The Labute approximate surface area is 115 Å². The molecule has 0 spiro atoms. The second-order valence-electron chi connectivity index (χ2n) is 3.87. The van der Waals surface area contributed by atoms with Gasteiger partial charge in [-0.05, 0) is 12.1 Å². The van der Waals surface area contributed by atoms with E-state index in [1.165, 1.54) is 11.2 Å². The van der Waals surface area contributed by atoms with Crippen molar-refractivity contribution in [2.45, 2.75) is 6.54 Å². The third kappa shape index (κ3) is 3.00. The van der Waals surface area contributed by atoms with Crippen molar-refractivity contribution in [2.75, 3.05) is 19.4 Å². The molecule has 2 aromatic rings. The molecule has 2 aromatic heterocycles. The maximum absolute atomic E-state index is 12.2. The van der Waals surface area contributed by atoms with Crippen LogP contribution in [-0.4, -0.2) is 45.1 Å². The molecular weight excluding hydrogens is 268 g/mol. The van der Waals surface area contributed by atoms with Crippen LogP contribution in [-0.2, 0) is 6.54 Å². The van der Waals surface area contributed by atoms with Gasteiger partial charge in [-0.25, -0.2) is 9.97 Å². The summed E-state index contributed by atoms with van der Waals surface area (Å²) in [5.41, 5.74) is 0.204. The smallest absolute Gasteiger partial charge is 0.274 e. The van der Waals surface area contributed by atoms with Crippen LogP contribution in [0.3, 0.4) is 0 Å². The van der Waals surface area contributed by atoms with Gasteiger partial charge in [-0.2, -0.15) is 5.10 Å². The topological polar surface area (TPSA) is 86.8 Å². The molecular formula is C11H13ClN6O. The molecule has 2 N–H and O–H groups in total. The predicted molar refractivity (Wildman–Crippen MR) is 71.0 cm³/mol. The van der Waals surface area contributed by atoms with Gasteiger partial charge >= 0.3 is 0 Å². The van der Waals surface area contributed by atoms with Crippen LogP contribution in [0.1, 0.15) is 16.3 Å². The Balaban J connectivity index is 2.18. The molecule has 100 valence electrons. The van der Waals surface area contributed by atoms with E-state index in [2.05, 4.69) is 25.5 Å². The Morgan fingerprint density at radius 3 is 2.95 bits per heavy atom. The lowest BCUT2D eigenvalue weighted by atomic mass is 10.3. The molecule has 0 saturated heterocycles. The summed E-state index contributed by atoms with van der Waals surface area (Å²) < 4.78 is 0. The number of rotatable bonds is 4. The average Bonchev–Trinajstić information content (AvgIpc) is 2.91. The van der Waals surface area contributed by atoms with Crippen LogP contribution in [0.4, 0.5) is 5.82 Å². The average molecular weight is 281 g/mol. The van der Waals surface area contributed by atoms with Crippen LogP contribution >= 0.6 is 11.6 Å². The number of nitrogens with one attached hydrogen (secondary N) is 2. The second-order valence-corrected chi connectivity index (χ2v) is 4.28. The van der Waals surface area contributed by atoms with Crippen LogP contribution < -0.4 is 5.32 Å². The zero-order chi connectivity index (χ0) is 13.8. The van der Waals surface area contributed by atoms with E-state index < -0.39 is 0 Å². The summed E-state index contributed by atoms with van der Waals surface area (Å²) in [4.78, 5) is 21.8. The van der Waals surface area contributed by atoms with E-state index >= 15 is 0 Å². The fourth-order valence-electron chi connectivity index (χ4n) is 1.52. The molecule has 0 bridgehead atoms. The number of H-pyrrole nitrogens is 1. The van der Waals surface area contributed by atoms with Gasteiger partial charge < -0.3 is 10.2 Å². The number of halogens is 1. The number of carbonyl (C=O) groups excluding carboxylic acids is 1. The molecule has 8 heteroatoms. The molecule has 19 heavy (non-hydrogen) atoms. The Hall–Kier alpha value is -2.15. The standard InChI is InChI=1S/C11H13ClN6O/c1-13-8-4-3-7(12)10(16-8)11(19)18(2)5-9-14-6-15-17-9/h3-4,6H,5H2,1-2H3,(H,13,16)(H,14,15,17). The van der Waals surface area contributed by atoms with Crippen molar-refractivity contribution < 1.29 is 4.79 Å². The highest BCUT2D eigenvalue weighted by atomic mass is 35.5. The molecule has 0 aliphatic carbocycles. The van der Waals surface area contributed by atoms with Gasteiger partial charge in [0.25, 0.3) is 5.91 Å². The number of carbonyl (C=O) groups is 1. The van der Waals surface area contributed by atoms with E-state index in [1.54, 1.807) is 26.2 Å². The fourth-order valence-corrected chi connectivity index (χ4v) is 1.70. The first-order valence-electron chi connectivity index (χ1n) is 5.56. The van der Waals surface area contributed by atoms with Crippen molar-refractivity contribution in [2.24, 2.45) is 0 Å². The van der Waals surface area contributed by atoms with E-state index in [0.29, 0.717) is 23.2 Å². The molecule has 0 radical (unpaired) electrons. The number of amides is 1. The molecule has 0 unspecified atom stereocenters. The van der Waals surface area contributed by atoms with Crippen LogP contribution in [0, 0.1) is 0 Å². The van der Waals surface area contributed by atoms with Gasteiger partial charge in [-0.15, -0.1) is 0 Å². The third-order valence-electron chi connectivity index (χ3n) is 2.50. The highest BCUT2D eigenvalue weighted by Crippen LogP contribution is 2.18. The van der Waals surface area contributed by atoms with Crippen LogP contribution in [0.2, 0.25) is 5.02 Å². The molecule has 7 nitrogen and oxygen atoms in total. The normalized spacial score (nSPS) is 10.3. The summed E-state index contributed by atoms with van der Waals surface area (Å²) >= 11 is 6.00. The zero-order valence-corrected chi connectivity index (χ0v) is 11.3. The monoisotopic (exact) mass is 280 g/mol. The number of nitrogens with zero attached hydrogens (tertiary/aromatic N) is 4. The summed E-state index contributed by atoms with van der Waals surface area (Å²) in [5.74, 6) is 0.899. The molecule has 0 saturated carbocycles. The lowest BCUT2D eigenvalue weighted by molar-refractivity contribution is 0.0776. The second kappa shape index (κ2) is 5.66. The minimum atomic E-state index is -0.279. The lowest BCUT2D eigenvalue weighted by Crippen LogP contribution is -2.28. The molecule has 0 fully saturated rings. The van der Waals surface area contributed by atoms with Crippen molar-refractivity contribution >= 4 is 23.3 Å². The lowest BCUT2D eigenvalue weighted by Gasteiger charge is -2.16.